The molecule has 0 aromatic carbocycles. The summed E-state index contributed by atoms with van der Waals surface area (Å²) in [5, 5.41) is 29.2. The summed E-state index contributed by atoms with van der Waals surface area (Å²) in [7, 11) is 2.00. The average Bonchev–Trinajstić information content (AvgIpc) is 2.56. The maximum atomic E-state index is 9.91. The van der Waals surface area contributed by atoms with Crippen LogP contribution in [0.15, 0.2) is 18.5 Å². The van der Waals surface area contributed by atoms with Crippen LogP contribution in [0.25, 0.3) is 0 Å². The molecule has 1 rings (SSSR count). The van der Waals surface area contributed by atoms with E-state index in [4.69, 9.17) is 0 Å². The minimum Gasteiger partial charge on any atom is -0.506 e. The van der Waals surface area contributed by atoms with Gasteiger partial charge in [-0.2, -0.15) is 0 Å². The molecule has 0 unspecified atom stereocenters. The second-order valence-corrected chi connectivity index (χ2v) is 7.13. The van der Waals surface area contributed by atoms with E-state index < -0.39 is 0 Å². The van der Waals surface area contributed by atoms with Crippen LogP contribution < -0.4 is 0 Å². The summed E-state index contributed by atoms with van der Waals surface area (Å²) in [5.74, 6) is 0.228. The fraction of sp³-hybridized carbons (Fsp3) is 0.737. The molecule has 1 aromatic rings. The van der Waals surface area contributed by atoms with E-state index in [1.54, 1.807) is 20.0 Å². The third-order valence-electron chi connectivity index (χ3n) is 4.36. The van der Waals surface area contributed by atoms with Gasteiger partial charge < -0.3 is 20.2 Å². The molecule has 1 heterocycles. The second kappa shape index (κ2) is 14.3. The molecule has 2 atom stereocenters. The smallest absolute Gasteiger partial charge is 0.506 e. The van der Waals surface area contributed by atoms with Gasteiger partial charge in [0.25, 0.3) is 0 Å². The van der Waals surface area contributed by atoms with Gasteiger partial charge in [-0.15, -0.1) is 0 Å². The Bertz CT molecular complexity index is 506. The molecule has 0 bridgehead atoms. The zero-order chi connectivity index (χ0) is 19.5. The molecule has 0 saturated heterocycles. The molecular weight excluding hydrogens is 388 g/mol. The predicted molar refractivity (Wildman–Crippen MR) is 104 cm³/mol. The number of rotatable bonds is 13. The van der Waals surface area contributed by atoms with Crippen LogP contribution in [0.3, 0.4) is 0 Å². The first-order valence-electron chi connectivity index (χ1n) is 9.43. The maximum Gasteiger partial charge on any atom is 2.00 e. The van der Waals surface area contributed by atoms with Crippen molar-refractivity contribution in [3.05, 3.63) is 24.0 Å². The first-order chi connectivity index (χ1) is 12.3. The van der Waals surface area contributed by atoms with E-state index in [2.05, 4.69) is 26.6 Å². The van der Waals surface area contributed by atoms with Crippen molar-refractivity contribution in [1.29, 1.82) is 0 Å². The van der Waals surface area contributed by atoms with Gasteiger partial charge in [0.15, 0.2) is 0 Å². The summed E-state index contributed by atoms with van der Waals surface area (Å²) in [6.07, 6.45) is 2.45. The van der Waals surface area contributed by atoms with E-state index in [0.29, 0.717) is 19.6 Å². The molecule has 0 aliphatic rings. The molecule has 0 aliphatic carbocycles. The van der Waals surface area contributed by atoms with E-state index >= 15 is 0 Å². The number of aromatic hydroxyl groups is 1. The topological polar surface area (TPSA) is 83.3 Å². The van der Waals surface area contributed by atoms with E-state index in [9.17, 15) is 15.3 Å². The van der Waals surface area contributed by atoms with Crippen LogP contribution in [0.2, 0.25) is 0 Å². The minimum atomic E-state index is -0.378. The first-order valence-corrected chi connectivity index (χ1v) is 9.43. The molecule has 156 valence electrons. The van der Waals surface area contributed by atoms with Crippen LogP contribution in [0.1, 0.15) is 26.3 Å². The van der Waals surface area contributed by atoms with Crippen LogP contribution in [-0.2, 0) is 23.6 Å². The van der Waals surface area contributed by atoms with Crippen molar-refractivity contribution < 1.29 is 32.4 Å². The third-order valence-corrected chi connectivity index (χ3v) is 4.36. The van der Waals surface area contributed by atoms with E-state index in [1.807, 2.05) is 13.1 Å². The van der Waals surface area contributed by atoms with Crippen molar-refractivity contribution in [2.75, 3.05) is 52.9 Å². The monoisotopic (exact) mass is 424 g/mol. The van der Waals surface area contributed by atoms with Crippen LogP contribution in [0.4, 0.5) is 0 Å². The Morgan fingerprint density at radius 1 is 1.00 bits per heavy atom. The molecule has 0 amide bonds. The van der Waals surface area contributed by atoms with Gasteiger partial charge in [0.05, 0.1) is 18.4 Å². The number of nitrogens with zero attached hydrogens (tertiary/aromatic N) is 4. The largest absolute Gasteiger partial charge is 2.00 e. The Balaban J connectivity index is 0.00000676. The third kappa shape index (κ3) is 11.7. The molecule has 3 N–H and O–H groups in total. The summed E-state index contributed by atoms with van der Waals surface area (Å²) in [4.78, 5) is 10.5. The van der Waals surface area contributed by atoms with Crippen molar-refractivity contribution in [3.8, 4) is 5.75 Å². The number of hydrogen-bond donors (Lipinski definition) is 3. The number of hydrogen-bond acceptors (Lipinski definition) is 7. The number of pyridine rings is 1. The SMILES string of the molecule is CCN(CCN(CCN(C)C[C@H](C)O)C[C@H](C)O)Cc1ccncc1O.[Fe+2]. The standard InChI is InChI=1S/C19H36N4O3.Fe/c1-5-22(15-18-6-7-20-12-19(18)26)10-11-23(14-17(3)25)9-8-21(4)13-16(2)24;/h6-7,12,16-17,24-26H,5,8-11,13-15H2,1-4H3;/q;+2/t16-,17-;/m0./s1. The molecule has 0 saturated carbocycles. The van der Waals surface area contributed by atoms with Crippen molar-refractivity contribution in [2.24, 2.45) is 0 Å². The number of aromatic nitrogens is 1. The van der Waals surface area contributed by atoms with Crippen LogP contribution in [-0.4, -0.2) is 100 Å². The van der Waals surface area contributed by atoms with Crippen molar-refractivity contribution in [1.82, 2.24) is 19.7 Å². The molecule has 0 aliphatic heterocycles. The summed E-state index contributed by atoms with van der Waals surface area (Å²) >= 11 is 0. The van der Waals surface area contributed by atoms with Gasteiger partial charge in [0.2, 0.25) is 0 Å². The molecule has 27 heavy (non-hydrogen) atoms. The summed E-state index contributed by atoms with van der Waals surface area (Å²) < 4.78 is 0. The Labute approximate surface area is 174 Å². The van der Waals surface area contributed by atoms with Gasteiger partial charge in [0.1, 0.15) is 5.75 Å². The Morgan fingerprint density at radius 2 is 1.59 bits per heavy atom. The summed E-state index contributed by atoms with van der Waals surface area (Å²) in [5.41, 5.74) is 0.876. The van der Waals surface area contributed by atoms with Gasteiger partial charge >= 0.3 is 17.1 Å². The van der Waals surface area contributed by atoms with Gasteiger partial charge in [0, 0.05) is 57.6 Å². The maximum absolute atomic E-state index is 9.91. The Hall–Kier alpha value is -0.731. The predicted octanol–water partition coefficient (Wildman–Crippen LogP) is 0.602. The fourth-order valence-electron chi connectivity index (χ4n) is 2.94. The van der Waals surface area contributed by atoms with Crippen molar-refractivity contribution >= 4 is 0 Å². The van der Waals surface area contributed by atoms with E-state index in [0.717, 1.165) is 38.3 Å². The van der Waals surface area contributed by atoms with E-state index in [-0.39, 0.29) is 35.0 Å². The number of likely N-dealkylation sites (N-methyl/N-ethyl adjacent to an activating group) is 2. The Kier molecular flexibility index (Phi) is 13.9. The molecule has 1 aromatic heterocycles. The summed E-state index contributed by atoms with van der Waals surface area (Å²) in [6.45, 7) is 11.9. The summed E-state index contributed by atoms with van der Waals surface area (Å²) in [6, 6.07) is 1.84. The van der Waals surface area contributed by atoms with Crippen molar-refractivity contribution in [2.45, 2.75) is 39.5 Å². The molecule has 8 heteroatoms. The zero-order valence-corrected chi connectivity index (χ0v) is 18.1. The van der Waals surface area contributed by atoms with E-state index in [1.165, 1.54) is 6.20 Å². The van der Waals surface area contributed by atoms with Gasteiger partial charge in [-0.3, -0.25) is 14.8 Å². The normalized spacial score (nSPS) is 13.8. The van der Waals surface area contributed by atoms with Crippen LogP contribution in [0, 0.1) is 0 Å². The van der Waals surface area contributed by atoms with Gasteiger partial charge in [-0.1, -0.05) is 6.92 Å². The molecule has 7 nitrogen and oxygen atoms in total. The fourth-order valence-corrected chi connectivity index (χ4v) is 2.94. The van der Waals surface area contributed by atoms with Gasteiger partial charge in [-0.25, -0.2) is 0 Å². The molecule has 0 fully saturated rings. The van der Waals surface area contributed by atoms with Gasteiger partial charge in [-0.05, 0) is 33.5 Å². The average molecular weight is 424 g/mol. The molecule has 0 radical (unpaired) electrons. The number of aliphatic hydroxyl groups is 2. The minimum absolute atomic E-state index is 0. The zero-order valence-electron chi connectivity index (χ0n) is 17.0. The molecule has 0 spiro atoms. The van der Waals surface area contributed by atoms with Crippen molar-refractivity contribution in [3.63, 3.8) is 0 Å². The second-order valence-electron chi connectivity index (χ2n) is 7.13. The quantitative estimate of drug-likeness (QED) is 0.400. The van der Waals surface area contributed by atoms with Crippen LogP contribution in [0.5, 0.6) is 5.75 Å². The Morgan fingerprint density at radius 3 is 2.15 bits per heavy atom. The van der Waals surface area contributed by atoms with Crippen LogP contribution >= 0.6 is 0 Å². The molecular formula is C19H36FeN4O3+2. The first kappa shape index (κ1) is 26.3. The number of aliphatic hydroxyl groups excluding tert-OH is 2.